The second-order valence-corrected chi connectivity index (χ2v) is 3.52. The maximum atomic E-state index is 11.0. The summed E-state index contributed by atoms with van der Waals surface area (Å²) >= 11 is 0. The molecule has 0 aromatic heterocycles. The third-order valence-corrected chi connectivity index (χ3v) is 2.19. The molecular weight excluding hydrogens is 208 g/mol. The first kappa shape index (κ1) is 12.5. The summed E-state index contributed by atoms with van der Waals surface area (Å²) in [4.78, 5) is 11.0. The highest BCUT2D eigenvalue weighted by Gasteiger charge is 2.10. The standard InChI is InChI=1S/C11H16N2O3/c12-6-11(16)13-9(7-14)5-8-1-3-10(15)4-2-8/h1-4,9,14-15H,5-7,12H2,(H,13,16). The number of nitrogens with one attached hydrogen (secondary N) is 1. The van der Waals surface area contributed by atoms with Crippen molar-refractivity contribution in [1.82, 2.24) is 5.32 Å². The number of hydrogen-bond acceptors (Lipinski definition) is 4. The highest BCUT2D eigenvalue weighted by Crippen LogP contribution is 2.11. The predicted octanol–water partition coefficient (Wildman–Crippen LogP) is -0.629. The molecule has 0 aliphatic rings. The van der Waals surface area contributed by atoms with Crippen molar-refractivity contribution < 1.29 is 15.0 Å². The van der Waals surface area contributed by atoms with E-state index in [0.717, 1.165) is 5.56 Å². The Morgan fingerprint density at radius 2 is 2.00 bits per heavy atom. The van der Waals surface area contributed by atoms with Crippen LogP contribution in [0.4, 0.5) is 0 Å². The van der Waals surface area contributed by atoms with Crippen LogP contribution >= 0.6 is 0 Å². The van der Waals surface area contributed by atoms with Gasteiger partial charge in [-0.15, -0.1) is 0 Å². The monoisotopic (exact) mass is 224 g/mol. The number of aliphatic hydroxyl groups is 1. The van der Waals surface area contributed by atoms with Gasteiger partial charge >= 0.3 is 0 Å². The van der Waals surface area contributed by atoms with Crippen LogP contribution in [0.25, 0.3) is 0 Å². The third-order valence-electron chi connectivity index (χ3n) is 2.19. The largest absolute Gasteiger partial charge is 0.508 e. The van der Waals surface area contributed by atoms with E-state index in [-0.39, 0.29) is 30.9 Å². The molecule has 0 fully saturated rings. The molecule has 5 N–H and O–H groups in total. The van der Waals surface area contributed by atoms with Gasteiger partial charge in [0.2, 0.25) is 5.91 Å². The lowest BCUT2D eigenvalue weighted by atomic mass is 10.1. The molecule has 0 heterocycles. The van der Waals surface area contributed by atoms with Crippen LogP contribution < -0.4 is 11.1 Å². The molecule has 0 saturated carbocycles. The summed E-state index contributed by atoms with van der Waals surface area (Å²) < 4.78 is 0. The Kier molecular flexibility index (Phi) is 4.75. The molecule has 1 aromatic carbocycles. The first-order chi connectivity index (χ1) is 7.65. The van der Waals surface area contributed by atoms with Crippen LogP contribution in [-0.2, 0) is 11.2 Å². The average Bonchev–Trinajstić information content (AvgIpc) is 2.30. The van der Waals surface area contributed by atoms with Gasteiger partial charge < -0.3 is 21.3 Å². The number of hydrogen-bond donors (Lipinski definition) is 4. The molecule has 0 saturated heterocycles. The van der Waals surface area contributed by atoms with Gasteiger partial charge in [0.25, 0.3) is 0 Å². The molecular formula is C11H16N2O3. The van der Waals surface area contributed by atoms with Crippen LogP contribution in [0, 0.1) is 0 Å². The number of phenols is 1. The normalized spacial score (nSPS) is 12.1. The molecule has 1 aromatic rings. The fourth-order valence-corrected chi connectivity index (χ4v) is 1.36. The molecule has 1 atom stereocenters. The number of benzene rings is 1. The summed E-state index contributed by atoms with van der Waals surface area (Å²) in [7, 11) is 0. The Balaban J connectivity index is 2.56. The minimum absolute atomic E-state index is 0.0912. The van der Waals surface area contributed by atoms with Crippen LogP contribution in [0.15, 0.2) is 24.3 Å². The Hall–Kier alpha value is -1.59. The van der Waals surface area contributed by atoms with Crippen molar-refractivity contribution in [3.8, 4) is 5.75 Å². The molecule has 1 rings (SSSR count). The number of nitrogens with two attached hydrogens (primary N) is 1. The van der Waals surface area contributed by atoms with E-state index in [9.17, 15) is 4.79 Å². The zero-order chi connectivity index (χ0) is 12.0. The van der Waals surface area contributed by atoms with E-state index in [1.54, 1.807) is 24.3 Å². The van der Waals surface area contributed by atoms with E-state index in [4.69, 9.17) is 15.9 Å². The Morgan fingerprint density at radius 3 is 2.50 bits per heavy atom. The SMILES string of the molecule is NCC(=O)NC(CO)Cc1ccc(O)cc1. The van der Waals surface area contributed by atoms with E-state index in [1.807, 2.05) is 0 Å². The van der Waals surface area contributed by atoms with Gasteiger partial charge in [-0.05, 0) is 24.1 Å². The highest BCUT2D eigenvalue weighted by molar-refractivity contribution is 5.78. The number of aromatic hydroxyl groups is 1. The minimum Gasteiger partial charge on any atom is -0.508 e. The zero-order valence-corrected chi connectivity index (χ0v) is 8.89. The number of rotatable bonds is 5. The lowest BCUT2D eigenvalue weighted by Crippen LogP contribution is -2.42. The molecule has 1 amide bonds. The molecule has 0 spiro atoms. The van der Waals surface area contributed by atoms with Gasteiger partial charge in [0.1, 0.15) is 5.75 Å². The summed E-state index contributed by atoms with van der Waals surface area (Å²) in [5, 5.41) is 20.8. The Labute approximate surface area is 93.9 Å². The number of phenolic OH excluding ortho intramolecular Hbond substituents is 1. The second-order valence-electron chi connectivity index (χ2n) is 3.52. The molecule has 88 valence electrons. The molecule has 0 aliphatic carbocycles. The van der Waals surface area contributed by atoms with E-state index < -0.39 is 0 Å². The van der Waals surface area contributed by atoms with Gasteiger partial charge in [0.15, 0.2) is 0 Å². The lowest BCUT2D eigenvalue weighted by Gasteiger charge is -2.15. The molecule has 1 unspecified atom stereocenters. The first-order valence-electron chi connectivity index (χ1n) is 5.04. The smallest absolute Gasteiger partial charge is 0.234 e. The van der Waals surface area contributed by atoms with Gasteiger partial charge in [-0.3, -0.25) is 4.79 Å². The minimum atomic E-state index is -0.347. The van der Waals surface area contributed by atoms with Crippen LogP contribution in [0.5, 0.6) is 5.75 Å². The van der Waals surface area contributed by atoms with Crippen LogP contribution in [-0.4, -0.2) is 35.3 Å². The van der Waals surface area contributed by atoms with Crippen molar-refractivity contribution in [2.45, 2.75) is 12.5 Å². The lowest BCUT2D eigenvalue weighted by molar-refractivity contribution is -0.120. The van der Waals surface area contributed by atoms with Crippen molar-refractivity contribution in [3.63, 3.8) is 0 Å². The van der Waals surface area contributed by atoms with E-state index in [1.165, 1.54) is 0 Å². The molecule has 0 aliphatic heterocycles. The van der Waals surface area contributed by atoms with Crippen molar-refractivity contribution >= 4 is 5.91 Å². The number of aliphatic hydroxyl groups excluding tert-OH is 1. The summed E-state index contributed by atoms with van der Waals surface area (Å²) in [6, 6.07) is 6.27. The van der Waals surface area contributed by atoms with Gasteiger partial charge in [0.05, 0.1) is 19.2 Å². The third kappa shape index (κ3) is 3.88. The summed E-state index contributed by atoms with van der Waals surface area (Å²) in [5.41, 5.74) is 6.09. The molecule has 0 radical (unpaired) electrons. The summed E-state index contributed by atoms with van der Waals surface area (Å²) in [6.45, 7) is -0.237. The molecule has 5 nitrogen and oxygen atoms in total. The average molecular weight is 224 g/mol. The number of amides is 1. The Morgan fingerprint density at radius 1 is 1.38 bits per heavy atom. The maximum absolute atomic E-state index is 11.0. The number of carbonyl (C=O) groups excluding carboxylic acids is 1. The predicted molar refractivity (Wildman–Crippen MR) is 59.9 cm³/mol. The summed E-state index contributed by atoms with van der Waals surface area (Å²) in [6.07, 6.45) is 0.502. The Bertz CT molecular complexity index is 338. The molecule has 16 heavy (non-hydrogen) atoms. The van der Waals surface area contributed by atoms with Crippen LogP contribution in [0.3, 0.4) is 0 Å². The van der Waals surface area contributed by atoms with E-state index in [2.05, 4.69) is 5.32 Å². The fourth-order valence-electron chi connectivity index (χ4n) is 1.36. The van der Waals surface area contributed by atoms with Crippen LogP contribution in [0.2, 0.25) is 0 Å². The highest BCUT2D eigenvalue weighted by atomic mass is 16.3. The molecule has 5 heteroatoms. The van der Waals surface area contributed by atoms with Gasteiger partial charge in [-0.1, -0.05) is 12.1 Å². The van der Waals surface area contributed by atoms with Crippen molar-refractivity contribution in [1.29, 1.82) is 0 Å². The fraction of sp³-hybridized carbons (Fsp3) is 0.364. The zero-order valence-electron chi connectivity index (χ0n) is 8.89. The first-order valence-corrected chi connectivity index (χ1v) is 5.04. The van der Waals surface area contributed by atoms with Crippen LogP contribution in [0.1, 0.15) is 5.56 Å². The van der Waals surface area contributed by atoms with E-state index in [0.29, 0.717) is 6.42 Å². The van der Waals surface area contributed by atoms with Crippen molar-refractivity contribution in [2.75, 3.05) is 13.2 Å². The second kappa shape index (κ2) is 6.09. The number of carbonyl (C=O) groups is 1. The van der Waals surface area contributed by atoms with Crippen molar-refractivity contribution in [3.05, 3.63) is 29.8 Å². The maximum Gasteiger partial charge on any atom is 0.234 e. The van der Waals surface area contributed by atoms with Crippen molar-refractivity contribution in [2.24, 2.45) is 5.73 Å². The van der Waals surface area contributed by atoms with Gasteiger partial charge in [-0.25, -0.2) is 0 Å². The van der Waals surface area contributed by atoms with Gasteiger partial charge in [0, 0.05) is 0 Å². The van der Waals surface area contributed by atoms with Gasteiger partial charge in [-0.2, -0.15) is 0 Å². The summed E-state index contributed by atoms with van der Waals surface area (Å²) in [5.74, 6) is -0.104. The molecule has 0 bridgehead atoms. The quantitative estimate of drug-likeness (QED) is 0.535. The topological polar surface area (TPSA) is 95.6 Å². The van der Waals surface area contributed by atoms with E-state index >= 15 is 0 Å².